The van der Waals surface area contributed by atoms with Crippen LogP contribution in [-0.4, -0.2) is 37.7 Å². The normalized spacial score (nSPS) is 26.3. The maximum absolute atomic E-state index is 11.3. The first-order chi connectivity index (χ1) is 7.34. The number of carbonyl (C=O) groups is 1. The number of hydrogen-bond donors (Lipinski definition) is 2. The third kappa shape index (κ3) is 4.18. The highest BCUT2D eigenvalue weighted by molar-refractivity contribution is 5.78. The lowest BCUT2D eigenvalue weighted by Gasteiger charge is -2.22. The second kappa shape index (κ2) is 5.47. The van der Waals surface area contributed by atoms with Crippen LogP contribution in [0.2, 0.25) is 0 Å². The zero-order valence-electron chi connectivity index (χ0n) is 9.13. The van der Waals surface area contributed by atoms with Gasteiger partial charge in [-0.1, -0.05) is 0 Å². The predicted octanol–water partition coefficient (Wildman–Crippen LogP) is 0.424. The van der Waals surface area contributed by atoms with E-state index in [1.54, 1.807) is 0 Å². The molecule has 0 bridgehead atoms. The van der Waals surface area contributed by atoms with E-state index in [0.717, 1.165) is 32.4 Å². The Morgan fingerprint density at radius 3 is 2.80 bits per heavy atom. The van der Waals surface area contributed by atoms with E-state index in [-0.39, 0.29) is 5.91 Å². The molecule has 1 amide bonds. The van der Waals surface area contributed by atoms with Gasteiger partial charge in [0.25, 0.3) is 0 Å². The van der Waals surface area contributed by atoms with E-state index in [0.29, 0.717) is 18.7 Å². The molecule has 4 heteroatoms. The van der Waals surface area contributed by atoms with Crippen molar-refractivity contribution in [3.63, 3.8) is 0 Å². The molecule has 2 rings (SSSR count). The highest BCUT2D eigenvalue weighted by Crippen LogP contribution is 2.18. The SMILES string of the molecule is O=C(CNCC1CCCCO1)NC1CC1. The lowest BCUT2D eigenvalue weighted by atomic mass is 10.1. The van der Waals surface area contributed by atoms with Gasteiger partial charge < -0.3 is 15.4 Å². The fourth-order valence-electron chi connectivity index (χ4n) is 1.82. The van der Waals surface area contributed by atoms with Crippen molar-refractivity contribution in [2.75, 3.05) is 19.7 Å². The Morgan fingerprint density at radius 2 is 2.13 bits per heavy atom. The second-order valence-electron chi connectivity index (χ2n) is 4.46. The minimum atomic E-state index is 0.119. The van der Waals surface area contributed by atoms with Crippen molar-refractivity contribution >= 4 is 5.91 Å². The van der Waals surface area contributed by atoms with Gasteiger partial charge in [-0.3, -0.25) is 4.79 Å². The third-order valence-electron chi connectivity index (χ3n) is 2.87. The quantitative estimate of drug-likeness (QED) is 0.694. The Hall–Kier alpha value is -0.610. The topological polar surface area (TPSA) is 50.4 Å². The highest BCUT2D eigenvalue weighted by atomic mass is 16.5. The van der Waals surface area contributed by atoms with Gasteiger partial charge in [0.05, 0.1) is 12.6 Å². The summed E-state index contributed by atoms with van der Waals surface area (Å²) in [5, 5.41) is 6.10. The summed E-state index contributed by atoms with van der Waals surface area (Å²) in [4.78, 5) is 11.3. The molecular formula is C11H20N2O2. The monoisotopic (exact) mass is 212 g/mol. The smallest absolute Gasteiger partial charge is 0.234 e. The molecule has 1 atom stereocenters. The first-order valence-corrected chi connectivity index (χ1v) is 5.96. The number of hydrogen-bond acceptors (Lipinski definition) is 3. The molecule has 2 N–H and O–H groups in total. The average Bonchev–Trinajstić information content (AvgIpc) is 3.03. The summed E-state index contributed by atoms with van der Waals surface area (Å²) >= 11 is 0. The lowest BCUT2D eigenvalue weighted by molar-refractivity contribution is -0.120. The van der Waals surface area contributed by atoms with Crippen LogP contribution in [0.5, 0.6) is 0 Å². The summed E-state index contributed by atoms with van der Waals surface area (Å²) in [5.74, 6) is 0.119. The molecule has 2 aliphatic rings. The van der Waals surface area contributed by atoms with Crippen LogP contribution in [-0.2, 0) is 9.53 Å². The summed E-state index contributed by atoms with van der Waals surface area (Å²) < 4.78 is 5.56. The van der Waals surface area contributed by atoms with Crippen LogP contribution in [0.4, 0.5) is 0 Å². The fourth-order valence-corrected chi connectivity index (χ4v) is 1.82. The maximum Gasteiger partial charge on any atom is 0.234 e. The Morgan fingerprint density at radius 1 is 1.27 bits per heavy atom. The van der Waals surface area contributed by atoms with Crippen molar-refractivity contribution < 1.29 is 9.53 Å². The molecule has 15 heavy (non-hydrogen) atoms. The largest absolute Gasteiger partial charge is 0.377 e. The van der Waals surface area contributed by atoms with Crippen LogP contribution in [0.1, 0.15) is 32.1 Å². The zero-order valence-corrected chi connectivity index (χ0v) is 9.13. The molecule has 0 aromatic rings. The number of rotatable bonds is 5. The molecule has 1 heterocycles. The molecular weight excluding hydrogens is 192 g/mol. The van der Waals surface area contributed by atoms with Gasteiger partial charge in [0.15, 0.2) is 0 Å². The molecule has 1 saturated heterocycles. The standard InChI is InChI=1S/C11H20N2O2/c14-11(13-9-4-5-9)8-12-7-10-3-1-2-6-15-10/h9-10,12H,1-8H2,(H,13,14). The van der Waals surface area contributed by atoms with Gasteiger partial charge in [-0.15, -0.1) is 0 Å². The van der Waals surface area contributed by atoms with E-state index in [1.165, 1.54) is 12.8 Å². The first-order valence-electron chi connectivity index (χ1n) is 5.96. The van der Waals surface area contributed by atoms with Crippen molar-refractivity contribution in [1.82, 2.24) is 10.6 Å². The summed E-state index contributed by atoms with van der Waals surface area (Å²) in [5.41, 5.74) is 0. The number of nitrogens with one attached hydrogen (secondary N) is 2. The molecule has 86 valence electrons. The van der Waals surface area contributed by atoms with Gasteiger partial charge in [0.1, 0.15) is 0 Å². The Kier molecular flexibility index (Phi) is 3.97. The van der Waals surface area contributed by atoms with Crippen LogP contribution in [0, 0.1) is 0 Å². The van der Waals surface area contributed by atoms with Crippen LogP contribution >= 0.6 is 0 Å². The molecule has 2 fully saturated rings. The average molecular weight is 212 g/mol. The summed E-state index contributed by atoms with van der Waals surface area (Å²) in [6, 6.07) is 0.463. The molecule has 1 aliphatic carbocycles. The molecule has 0 aromatic heterocycles. The van der Waals surface area contributed by atoms with E-state index in [4.69, 9.17) is 4.74 Å². The van der Waals surface area contributed by atoms with Crippen molar-refractivity contribution in [3.8, 4) is 0 Å². The van der Waals surface area contributed by atoms with Crippen LogP contribution in [0.25, 0.3) is 0 Å². The molecule has 4 nitrogen and oxygen atoms in total. The Balaban J connectivity index is 1.51. The Bertz CT molecular complexity index is 211. The van der Waals surface area contributed by atoms with E-state index < -0.39 is 0 Å². The van der Waals surface area contributed by atoms with Gasteiger partial charge in [0.2, 0.25) is 5.91 Å². The van der Waals surface area contributed by atoms with Gasteiger partial charge in [-0.2, -0.15) is 0 Å². The van der Waals surface area contributed by atoms with Crippen LogP contribution in [0.15, 0.2) is 0 Å². The number of amides is 1. The van der Waals surface area contributed by atoms with E-state index in [9.17, 15) is 4.79 Å². The van der Waals surface area contributed by atoms with Crippen LogP contribution in [0.3, 0.4) is 0 Å². The Labute approximate surface area is 90.8 Å². The van der Waals surface area contributed by atoms with E-state index >= 15 is 0 Å². The van der Waals surface area contributed by atoms with Crippen molar-refractivity contribution in [2.24, 2.45) is 0 Å². The minimum Gasteiger partial charge on any atom is -0.377 e. The summed E-state index contributed by atoms with van der Waals surface area (Å²) in [6.45, 7) is 2.11. The van der Waals surface area contributed by atoms with E-state index in [2.05, 4.69) is 10.6 Å². The van der Waals surface area contributed by atoms with Crippen molar-refractivity contribution in [1.29, 1.82) is 0 Å². The predicted molar refractivity (Wildman–Crippen MR) is 57.6 cm³/mol. The van der Waals surface area contributed by atoms with E-state index in [1.807, 2.05) is 0 Å². The molecule has 0 aromatic carbocycles. The van der Waals surface area contributed by atoms with Gasteiger partial charge in [0, 0.05) is 19.2 Å². The molecule has 1 unspecified atom stereocenters. The second-order valence-corrected chi connectivity index (χ2v) is 4.46. The highest BCUT2D eigenvalue weighted by Gasteiger charge is 2.23. The third-order valence-corrected chi connectivity index (χ3v) is 2.87. The molecule has 0 radical (unpaired) electrons. The first kappa shape index (κ1) is 10.9. The van der Waals surface area contributed by atoms with Crippen molar-refractivity contribution in [3.05, 3.63) is 0 Å². The van der Waals surface area contributed by atoms with Gasteiger partial charge >= 0.3 is 0 Å². The van der Waals surface area contributed by atoms with Gasteiger partial charge in [-0.05, 0) is 32.1 Å². The summed E-state index contributed by atoms with van der Waals surface area (Å²) in [6.07, 6.45) is 6.17. The number of carbonyl (C=O) groups excluding carboxylic acids is 1. The maximum atomic E-state index is 11.3. The van der Waals surface area contributed by atoms with Gasteiger partial charge in [-0.25, -0.2) is 0 Å². The molecule has 1 aliphatic heterocycles. The zero-order chi connectivity index (χ0) is 10.5. The minimum absolute atomic E-state index is 0.119. The molecule has 0 spiro atoms. The fraction of sp³-hybridized carbons (Fsp3) is 0.909. The summed E-state index contributed by atoms with van der Waals surface area (Å²) in [7, 11) is 0. The van der Waals surface area contributed by atoms with Crippen LogP contribution < -0.4 is 10.6 Å². The number of ether oxygens (including phenoxy) is 1. The van der Waals surface area contributed by atoms with Crippen molar-refractivity contribution in [2.45, 2.75) is 44.2 Å². The lowest BCUT2D eigenvalue weighted by Crippen LogP contribution is -2.39. The molecule has 1 saturated carbocycles.